The third-order valence-corrected chi connectivity index (χ3v) is 4.76. The van der Waals surface area contributed by atoms with Gasteiger partial charge in [0.05, 0.1) is 17.3 Å². The lowest BCUT2D eigenvalue weighted by Crippen LogP contribution is -2.38. The number of aliphatic imine (C=N–C) groups is 2. The van der Waals surface area contributed by atoms with Gasteiger partial charge in [0.1, 0.15) is 11.7 Å². The van der Waals surface area contributed by atoms with Crippen molar-refractivity contribution < 1.29 is 9.18 Å². The van der Waals surface area contributed by atoms with Gasteiger partial charge < -0.3 is 5.32 Å². The van der Waals surface area contributed by atoms with E-state index in [0.717, 1.165) is 35.5 Å². The predicted octanol–water partition coefficient (Wildman–Crippen LogP) is 4.66. The van der Waals surface area contributed by atoms with Crippen LogP contribution in [-0.4, -0.2) is 17.5 Å². The first-order chi connectivity index (χ1) is 12.7. The number of benzene rings is 2. The van der Waals surface area contributed by atoms with Gasteiger partial charge in [-0.2, -0.15) is 0 Å². The highest BCUT2D eigenvalue weighted by atomic mass is 19.1. The maximum Gasteiger partial charge on any atom is 0.228 e. The molecule has 1 aliphatic heterocycles. The van der Waals surface area contributed by atoms with Crippen LogP contribution in [0, 0.1) is 11.7 Å². The van der Waals surface area contributed by atoms with Crippen molar-refractivity contribution in [1.82, 2.24) is 5.32 Å². The number of hydrogen-bond donors (Lipinski definition) is 1. The first-order valence-corrected chi connectivity index (χ1v) is 8.97. The highest BCUT2D eigenvalue weighted by molar-refractivity contribution is 6.18. The third-order valence-electron chi connectivity index (χ3n) is 4.76. The van der Waals surface area contributed by atoms with Crippen LogP contribution in [0.1, 0.15) is 37.7 Å². The smallest absolute Gasteiger partial charge is 0.228 e. The molecule has 0 saturated heterocycles. The number of amidine groups is 1. The maximum atomic E-state index is 13.4. The second-order valence-corrected chi connectivity index (χ2v) is 6.69. The molecule has 0 spiro atoms. The molecule has 0 radical (unpaired) electrons. The van der Waals surface area contributed by atoms with Gasteiger partial charge in [0, 0.05) is 11.6 Å². The molecule has 0 aromatic heterocycles. The molecule has 4 rings (SSSR count). The Kier molecular flexibility index (Phi) is 4.37. The second kappa shape index (κ2) is 6.83. The van der Waals surface area contributed by atoms with Gasteiger partial charge in [0.25, 0.3) is 0 Å². The molecule has 2 aliphatic rings. The molecule has 132 valence electrons. The lowest BCUT2D eigenvalue weighted by atomic mass is 9.91. The first-order valence-electron chi connectivity index (χ1n) is 8.97. The molecule has 1 unspecified atom stereocenters. The number of carbonyl (C=O) groups is 1. The number of rotatable bonds is 3. The van der Waals surface area contributed by atoms with Crippen LogP contribution in [-0.2, 0) is 4.79 Å². The molecule has 26 heavy (non-hydrogen) atoms. The standard InChI is InChI=1S/C21H20FN3O/c1-2-16-19(13-9-11-15(22)12-10-13)20(25-21(26)14-7-8-14)24-18-6-4-3-5-17(18)23-16/h3-6,9-12,14,19H,2,7-8H2,1H3,(H,24,25,26). The van der Waals surface area contributed by atoms with Crippen molar-refractivity contribution in [2.24, 2.45) is 15.9 Å². The zero-order chi connectivity index (χ0) is 18.1. The average Bonchev–Trinajstić information content (AvgIpc) is 3.49. The molecule has 1 heterocycles. The number of fused-ring (bicyclic) bond motifs is 1. The third kappa shape index (κ3) is 3.29. The quantitative estimate of drug-likeness (QED) is 0.861. The SMILES string of the molecule is CCC1=Nc2ccccc2N=C(NC(=O)C2CC2)C1c1ccc(F)cc1. The maximum absolute atomic E-state index is 13.4. The van der Waals surface area contributed by atoms with E-state index in [2.05, 4.69) is 5.32 Å². The molecule has 1 atom stereocenters. The zero-order valence-corrected chi connectivity index (χ0v) is 14.6. The van der Waals surface area contributed by atoms with Crippen LogP contribution in [0.5, 0.6) is 0 Å². The van der Waals surface area contributed by atoms with E-state index in [1.807, 2.05) is 31.2 Å². The molecule has 1 N–H and O–H groups in total. The lowest BCUT2D eigenvalue weighted by Gasteiger charge is -2.20. The molecule has 5 heteroatoms. The van der Waals surface area contributed by atoms with E-state index < -0.39 is 0 Å². The van der Waals surface area contributed by atoms with Crippen LogP contribution < -0.4 is 5.32 Å². The summed E-state index contributed by atoms with van der Waals surface area (Å²) in [5, 5.41) is 3.03. The summed E-state index contributed by atoms with van der Waals surface area (Å²) >= 11 is 0. The van der Waals surface area contributed by atoms with E-state index in [4.69, 9.17) is 9.98 Å². The highest BCUT2D eigenvalue weighted by Crippen LogP contribution is 2.36. The lowest BCUT2D eigenvalue weighted by molar-refractivity contribution is -0.120. The molecule has 1 aliphatic carbocycles. The molecular weight excluding hydrogens is 329 g/mol. The van der Waals surface area contributed by atoms with Gasteiger partial charge in [-0.05, 0) is 49.1 Å². The molecule has 1 fully saturated rings. The van der Waals surface area contributed by atoms with Crippen LogP contribution in [0.25, 0.3) is 0 Å². The Morgan fingerprint density at radius 3 is 2.35 bits per heavy atom. The minimum atomic E-state index is -0.296. The summed E-state index contributed by atoms with van der Waals surface area (Å²) < 4.78 is 13.4. The average molecular weight is 349 g/mol. The van der Waals surface area contributed by atoms with E-state index in [9.17, 15) is 9.18 Å². The number of nitrogens with one attached hydrogen (secondary N) is 1. The summed E-state index contributed by atoms with van der Waals surface area (Å²) in [6.45, 7) is 2.03. The summed E-state index contributed by atoms with van der Waals surface area (Å²) in [5.41, 5.74) is 3.28. The monoisotopic (exact) mass is 349 g/mol. The van der Waals surface area contributed by atoms with Crippen molar-refractivity contribution in [2.75, 3.05) is 0 Å². The number of amides is 1. The molecular formula is C21H20FN3O. The minimum absolute atomic E-state index is 0.00527. The van der Waals surface area contributed by atoms with E-state index in [1.54, 1.807) is 12.1 Å². The van der Waals surface area contributed by atoms with Gasteiger partial charge in [-0.15, -0.1) is 0 Å². The van der Waals surface area contributed by atoms with Gasteiger partial charge in [-0.1, -0.05) is 31.2 Å². The second-order valence-electron chi connectivity index (χ2n) is 6.69. The van der Waals surface area contributed by atoms with Gasteiger partial charge in [0.15, 0.2) is 0 Å². The van der Waals surface area contributed by atoms with E-state index in [1.165, 1.54) is 12.1 Å². The first kappa shape index (κ1) is 16.6. The van der Waals surface area contributed by atoms with Gasteiger partial charge in [0.2, 0.25) is 5.91 Å². The topological polar surface area (TPSA) is 53.8 Å². The zero-order valence-electron chi connectivity index (χ0n) is 14.6. The van der Waals surface area contributed by atoms with Crippen LogP contribution in [0.15, 0.2) is 58.5 Å². The molecule has 0 bridgehead atoms. The Morgan fingerprint density at radius 1 is 1.08 bits per heavy atom. The Balaban J connectivity index is 1.83. The molecule has 1 saturated carbocycles. The van der Waals surface area contributed by atoms with Gasteiger partial charge in [-0.3, -0.25) is 9.79 Å². The van der Waals surface area contributed by atoms with Gasteiger partial charge >= 0.3 is 0 Å². The minimum Gasteiger partial charge on any atom is -0.313 e. The van der Waals surface area contributed by atoms with Crippen LogP contribution in [0.3, 0.4) is 0 Å². The van der Waals surface area contributed by atoms with Crippen molar-refractivity contribution in [3.63, 3.8) is 0 Å². The van der Waals surface area contributed by atoms with Crippen LogP contribution >= 0.6 is 0 Å². The molecule has 4 nitrogen and oxygen atoms in total. The predicted molar refractivity (Wildman–Crippen MR) is 101 cm³/mol. The normalized spacial score (nSPS) is 19.1. The van der Waals surface area contributed by atoms with Crippen molar-refractivity contribution in [3.8, 4) is 0 Å². The van der Waals surface area contributed by atoms with E-state index in [-0.39, 0.29) is 23.6 Å². The largest absolute Gasteiger partial charge is 0.313 e. The Hall–Kier alpha value is -2.82. The Labute approximate surface area is 151 Å². The van der Waals surface area contributed by atoms with E-state index in [0.29, 0.717) is 12.3 Å². The molecule has 2 aromatic carbocycles. The number of halogens is 1. The van der Waals surface area contributed by atoms with Crippen molar-refractivity contribution in [2.45, 2.75) is 32.1 Å². The molecule has 1 amide bonds. The number of para-hydroxylation sites is 2. The highest BCUT2D eigenvalue weighted by Gasteiger charge is 2.34. The van der Waals surface area contributed by atoms with E-state index >= 15 is 0 Å². The number of carbonyl (C=O) groups excluding carboxylic acids is 1. The van der Waals surface area contributed by atoms with Crippen LogP contribution in [0.2, 0.25) is 0 Å². The fourth-order valence-corrected chi connectivity index (χ4v) is 3.19. The Morgan fingerprint density at radius 2 is 1.73 bits per heavy atom. The summed E-state index contributed by atoms with van der Waals surface area (Å²) in [4.78, 5) is 22.0. The number of nitrogens with zero attached hydrogens (tertiary/aromatic N) is 2. The molecule has 2 aromatic rings. The fraction of sp³-hybridized carbons (Fsp3) is 0.286. The van der Waals surface area contributed by atoms with Crippen molar-refractivity contribution in [1.29, 1.82) is 0 Å². The summed E-state index contributed by atoms with van der Waals surface area (Å²) in [7, 11) is 0. The summed E-state index contributed by atoms with van der Waals surface area (Å²) in [6, 6.07) is 14.0. The number of hydrogen-bond acceptors (Lipinski definition) is 3. The van der Waals surface area contributed by atoms with Crippen molar-refractivity contribution >= 4 is 28.8 Å². The summed E-state index contributed by atoms with van der Waals surface area (Å²) in [5.74, 6) is 0.0636. The Bertz CT molecular complexity index is 898. The van der Waals surface area contributed by atoms with Crippen molar-refractivity contribution in [3.05, 3.63) is 59.9 Å². The summed E-state index contributed by atoms with van der Waals surface area (Å²) in [6.07, 6.45) is 2.55. The van der Waals surface area contributed by atoms with Crippen LogP contribution in [0.4, 0.5) is 15.8 Å². The fourth-order valence-electron chi connectivity index (χ4n) is 3.19. The van der Waals surface area contributed by atoms with Gasteiger partial charge in [-0.25, -0.2) is 9.38 Å².